The van der Waals surface area contributed by atoms with E-state index in [1.807, 2.05) is 13.8 Å². The van der Waals surface area contributed by atoms with Gasteiger partial charge in [-0.05, 0) is 45.1 Å². The maximum absolute atomic E-state index is 12.8. The van der Waals surface area contributed by atoms with E-state index in [9.17, 15) is 22.8 Å². The lowest BCUT2D eigenvalue weighted by atomic mass is 10.0. The van der Waals surface area contributed by atoms with Gasteiger partial charge in [-0.2, -0.15) is 13.2 Å². The van der Waals surface area contributed by atoms with Crippen LogP contribution in [-0.4, -0.2) is 42.3 Å². The minimum Gasteiger partial charge on any atom is -0.458 e. The number of alkyl halides is 3. The van der Waals surface area contributed by atoms with Crippen molar-refractivity contribution in [3.63, 3.8) is 0 Å². The molecule has 164 valence electrons. The Morgan fingerprint density at radius 1 is 1.03 bits per heavy atom. The number of halogens is 3. The Morgan fingerprint density at radius 2 is 1.62 bits per heavy atom. The summed E-state index contributed by atoms with van der Waals surface area (Å²) in [4.78, 5) is 25.3. The molecular formula is C21H31F3N2O3. The third kappa shape index (κ3) is 10.9. The average Bonchev–Trinajstić information content (AvgIpc) is 2.56. The predicted octanol–water partition coefficient (Wildman–Crippen LogP) is 3.62. The summed E-state index contributed by atoms with van der Waals surface area (Å²) in [6.07, 6.45) is -4.08. The van der Waals surface area contributed by atoms with E-state index in [0.717, 1.165) is 0 Å². The lowest BCUT2D eigenvalue weighted by molar-refractivity contribution is -0.159. The van der Waals surface area contributed by atoms with Crippen LogP contribution in [0.3, 0.4) is 0 Å². The SMILES string of the molecule is CC(C)CC(NC(=O)[C@H](Cc1ccccc1)NCC(F)(F)F)C(=O)OC(C)(C)C. The first-order valence-electron chi connectivity index (χ1n) is 9.64. The minimum atomic E-state index is -4.46. The molecule has 2 N–H and O–H groups in total. The summed E-state index contributed by atoms with van der Waals surface area (Å²) in [5, 5.41) is 4.85. The molecule has 0 aliphatic rings. The Hall–Kier alpha value is -2.09. The number of hydrogen-bond acceptors (Lipinski definition) is 4. The number of benzene rings is 1. The van der Waals surface area contributed by atoms with Crippen LogP contribution in [0.4, 0.5) is 13.2 Å². The monoisotopic (exact) mass is 416 g/mol. The fraction of sp³-hybridized carbons (Fsp3) is 0.619. The zero-order chi connectivity index (χ0) is 22.2. The van der Waals surface area contributed by atoms with Crippen molar-refractivity contribution in [1.29, 1.82) is 0 Å². The molecule has 1 amide bonds. The Balaban J connectivity index is 2.95. The van der Waals surface area contributed by atoms with Crippen molar-refractivity contribution < 1.29 is 27.5 Å². The Bertz CT molecular complexity index is 655. The summed E-state index contributed by atoms with van der Waals surface area (Å²) < 4.78 is 43.5. The smallest absolute Gasteiger partial charge is 0.401 e. The quantitative estimate of drug-likeness (QED) is 0.604. The maximum atomic E-state index is 12.8. The normalized spacial score (nSPS) is 14.4. The molecule has 0 saturated heterocycles. The fourth-order valence-electron chi connectivity index (χ4n) is 2.68. The van der Waals surface area contributed by atoms with Gasteiger partial charge in [-0.15, -0.1) is 0 Å². The molecule has 8 heteroatoms. The van der Waals surface area contributed by atoms with Crippen molar-refractivity contribution in [2.75, 3.05) is 6.54 Å². The second-order valence-electron chi connectivity index (χ2n) is 8.46. The molecule has 0 aliphatic heterocycles. The number of ether oxygens (including phenoxy) is 1. The van der Waals surface area contributed by atoms with Gasteiger partial charge in [0.05, 0.1) is 12.6 Å². The highest BCUT2D eigenvalue weighted by Crippen LogP contribution is 2.15. The summed E-state index contributed by atoms with van der Waals surface area (Å²) >= 11 is 0. The van der Waals surface area contributed by atoms with E-state index < -0.39 is 42.3 Å². The zero-order valence-electron chi connectivity index (χ0n) is 17.6. The van der Waals surface area contributed by atoms with Crippen molar-refractivity contribution in [3.05, 3.63) is 35.9 Å². The van der Waals surface area contributed by atoms with Gasteiger partial charge < -0.3 is 10.1 Å². The molecule has 0 saturated carbocycles. The highest BCUT2D eigenvalue weighted by Gasteiger charge is 2.33. The van der Waals surface area contributed by atoms with Gasteiger partial charge in [0.25, 0.3) is 0 Å². The molecular weight excluding hydrogens is 385 g/mol. The van der Waals surface area contributed by atoms with E-state index in [0.29, 0.717) is 12.0 Å². The van der Waals surface area contributed by atoms with Crippen LogP contribution in [0.1, 0.15) is 46.6 Å². The molecule has 2 atom stereocenters. The van der Waals surface area contributed by atoms with Crippen LogP contribution in [0.15, 0.2) is 30.3 Å². The number of amides is 1. The van der Waals surface area contributed by atoms with Crippen LogP contribution in [0.2, 0.25) is 0 Å². The van der Waals surface area contributed by atoms with Gasteiger partial charge in [-0.1, -0.05) is 44.2 Å². The third-order valence-corrected chi connectivity index (χ3v) is 3.86. The lowest BCUT2D eigenvalue weighted by Gasteiger charge is -2.27. The van der Waals surface area contributed by atoms with Gasteiger partial charge in [0.2, 0.25) is 5.91 Å². The largest absolute Gasteiger partial charge is 0.458 e. The molecule has 0 aliphatic carbocycles. The predicted molar refractivity (Wildman–Crippen MR) is 105 cm³/mol. The maximum Gasteiger partial charge on any atom is 0.401 e. The highest BCUT2D eigenvalue weighted by molar-refractivity contribution is 5.87. The summed E-state index contributed by atoms with van der Waals surface area (Å²) in [6, 6.07) is 6.66. The van der Waals surface area contributed by atoms with Crippen LogP contribution >= 0.6 is 0 Å². The van der Waals surface area contributed by atoms with E-state index in [1.165, 1.54) is 0 Å². The third-order valence-electron chi connectivity index (χ3n) is 3.86. The zero-order valence-corrected chi connectivity index (χ0v) is 17.6. The molecule has 5 nitrogen and oxygen atoms in total. The Morgan fingerprint density at radius 3 is 2.10 bits per heavy atom. The number of hydrogen-bond donors (Lipinski definition) is 2. The number of nitrogens with one attached hydrogen (secondary N) is 2. The van der Waals surface area contributed by atoms with Crippen molar-refractivity contribution in [2.45, 2.75) is 71.3 Å². The van der Waals surface area contributed by atoms with Crippen molar-refractivity contribution in [1.82, 2.24) is 10.6 Å². The van der Waals surface area contributed by atoms with Gasteiger partial charge >= 0.3 is 12.1 Å². The number of esters is 1. The molecule has 0 aromatic heterocycles. The summed E-state index contributed by atoms with van der Waals surface area (Å²) in [5.41, 5.74) is -0.0327. The van der Waals surface area contributed by atoms with Gasteiger partial charge in [0.1, 0.15) is 11.6 Å². The van der Waals surface area contributed by atoms with E-state index in [2.05, 4.69) is 10.6 Å². The first kappa shape index (κ1) is 24.9. The number of rotatable bonds is 9. The topological polar surface area (TPSA) is 67.4 Å². The standard InChI is InChI=1S/C21H31F3N2O3/c1-14(2)11-17(19(28)29-20(3,4)5)26-18(27)16(25-13-21(22,23)24)12-15-9-7-6-8-10-15/h6-10,14,16-17,25H,11-13H2,1-5H3,(H,26,27)/t16-,17?/m0/s1. The molecule has 0 heterocycles. The molecule has 0 radical (unpaired) electrons. The first-order valence-corrected chi connectivity index (χ1v) is 9.64. The van der Waals surface area contributed by atoms with Crippen LogP contribution in [0.25, 0.3) is 0 Å². The van der Waals surface area contributed by atoms with E-state index in [4.69, 9.17) is 4.74 Å². The van der Waals surface area contributed by atoms with Gasteiger partial charge in [-0.3, -0.25) is 10.1 Å². The lowest BCUT2D eigenvalue weighted by Crippen LogP contribution is -2.53. The Labute approximate surface area is 170 Å². The average molecular weight is 416 g/mol. The number of carbonyl (C=O) groups is 2. The second-order valence-corrected chi connectivity index (χ2v) is 8.46. The molecule has 0 spiro atoms. The molecule has 1 rings (SSSR count). The van der Waals surface area contributed by atoms with E-state index in [-0.39, 0.29) is 12.3 Å². The van der Waals surface area contributed by atoms with Gasteiger partial charge in [-0.25, -0.2) is 4.79 Å². The van der Waals surface area contributed by atoms with Crippen LogP contribution < -0.4 is 10.6 Å². The van der Waals surface area contributed by atoms with Crippen LogP contribution in [0, 0.1) is 5.92 Å². The number of carbonyl (C=O) groups excluding carboxylic acids is 2. The van der Waals surface area contributed by atoms with Gasteiger partial charge in [0, 0.05) is 0 Å². The molecule has 1 aromatic rings. The summed E-state index contributed by atoms with van der Waals surface area (Å²) in [5.74, 6) is -1.20. The summed E-state index contributed by atoms with van der Waals surface area (Å²) in [6.45, 7) is 7.59. The molecule has 29 heavy (non-hydrogen) atoms. The van der Waals surface area contributed by atoms with E-state index >= 15 is 0 Å². The van der Waals surface area contributed by atoms with Gasteiger partial charge in [0.15, 0.2) is 0 Å². The van der Waals surface area contributed by atoms with Crippen molar-refractivity contribution in [2.24, 2.45) is 5.92 Å². The summed E-state index contributed by atoms with van der Waals surface area (Å²) in [7, 11) is 0. The van der Waals surface area contributed by atoms with Crippen molar-refractivity contribution in [3.8, 4) is 0 Å². The second kappa shape index (κ2) is 10.6. The van der Waals surface area contributed by atoms with Crippen LogP contribution in [0.5, 0.6) is 0 Å². The van der Waals surface area contributed by atoms with Crippen molar-refractivity contribution >= 4 is 11.9 Å². The highest BCUT2D eigenvalue weighted by atomic mass is 19.4. The first-order chi connectivity index (χ1) is 13.3. The minimum absolute atomic E-state index is 0.0610. The van der Waals surface area contributed by atoms with E-state index in [1.54, 1.807) is 51.1 Å². The molecule has 0 fully saturated rings. The fourth-order valence-corrected chi connectivity index (χ4v) is 2.68. The molecule has 1 aromatic carbocycles. The van der Waals surface area contributed by atoms with Crippen LogP contribution in [-0.2, 0) is 20.7 Å². The molecule has 0 bridgehead atoms. The Kier molecular flexibility index (Phi) is 9.14. The molecule has 1 unspecified atom stereocenters.